The maximum absolute atomic E-state index is 8.81. The Morgan fingerprint density at radius 1 is 1.14 bits per heavy atom. The van der Waals surface area contributed by atoms with Crippen molar-refractivity contribution in [3.05, 3.63) is 59.4 Å². The lowest BCUT2D eigenvalue weighted by Crippen LogP contribution is -2.04. The second-order valence-electron chi connectivity index (χ2n) is 5.08. The number of ether oxygens (including phenoxy) is 1. The van der Waals surface area contributed by atoms with Crippen LogP contribution in [0.1, 0.15) is 16.9 Å². The predicted molar refractivity (Wildman–Crippen MR) is 84.9 cm³/mol. The summed E-state index contributed by atoms with van der Waals surface area (Å²) in [6.45, 7) is 2.75. The molecule has 4 nitrogen and oxygen atoms in total. The third-order valence-corrected chi connectivity index (χ3v) is 3.56. The van der Waals surface area contributed by atoms with Crippen molar-refractivity contribution in [1.29, 1.82) is 5.26 Å². The second kappa shape index (κ2) is 5.92. The first kappa shape index (κ1) is 14.2. The zero-order chi connectivity index (χ0) is 15.5. The van der Waals surface area contributed by atoms with E-state index in [0.717, 1.165) is 28.0 Å². The molecule has 1 heterocycles. The molecule has 0 atom stereocenters. The van der Waals surface area contributed by atoms with Gasteiger partial charge in [0.15, 0.2) is 0 Å². The molecule has 1 N–H and O–H groups in total. The Balaban J connectivity index is 1.90. The summed E-state index contributed by atoms with van der Waals surface area (Å²) in [5.41, 5.74) is 2.59. The van der Waals surface area contributed by atoms with Crippen molar-refractivity contribution in [3.63, 3.8) is 0 Å². The van der Waals surface area contributed by atoms with Gasteiger partial charge in [-0.1, -0.05) is 0 Å². The molecule has 0 aliphatic heterocycles. The maximum atomic E-state index is 8.81. The number of benzene rings is 2. The highest BCUT2D eigenvalue weighted by atomic mass is 16.5. The standard InChI is InChI=1S/C18H16N2O2/c1-12-16-9-15(7-8-17(16)22-18(12)11-20-2)21-14-5-3-13(10-19)4-6-14/h3-9,20H,11H2,1-2H3. The number of rotatable bonds is 4. The van der Waals surface area contributed by atoms with Gasteiger partial charge in [-0.15, -0.1) is 0 Å². The fourth-order valence-corrected chi connectivity index (χ4v) is 2.38. The van der Waals surface area contributed by atoms with Crippen LogP contribution in [0.25, 0.3) is 11.0 Å². The summed E-state index contributed by atoms with van der Waals surface area (Å²) in [4.78, 5) is 0. The quantitative estimate of drug-likeness (QED) is 0.785. The number of furan rings is 1. The maximum Gasteiger partial charge on any atom is 0.134 e. The fourth-order valence-electron chi connectivity index (χ4n) is 2.38. The molecule has 4 heteroatoms. The smallest absolute Gasteiger partial charge is 0.134 e. The van der Waals surface area contributed by atoms with E-state index in [9.17, 15) is 0 Å². The summed E-state index contributed by atoms with van der Waals surface area (Å²) >= 11 is 0. The molecular weight excluding hydrogens is 276 g/mol. The Kier molecular flexibility index (Phi) is 3.82. The van der Waals surface area contributed by atoms with Gasteiger partial charge in [0.25, 0.3) is 0 Å². The van der Waals surface area contributed by atoms with Crippen molar-refractivity contribution in [3.8, 4) is 17.6 Å². The van der Waals surface area contributed by atoms with Crippen LogP contribution in [-0.4, -0.2) is 7.05 Å². The van der Waals surface area contributed by atoms with Gasteiger partial charge in [0, 0.05) is 5.39 Å². The van der Waals surface area contributed by atoms with Gasteiger partial charge < -0.3 is 14.5 Å². The first-order valence-electron chi connectivity index (χ1n) is 7.06. The predicted octanol–water partition coefficient (Wildman–Crippen LogP) is 4.12. The number of nitriles is 1. The molecule has 0 spiro atoms. The summed E-state index contributed by atoms with van der Waals surface area (Å²) in [7, 11) is 1.89. The number of nitrogens with one attached hydrogen (secondary N) is 1. The van der Waals surface area contributed by atoms with Crippen LogP contribution in [0, 0.1) is 18.3 Å². The highest BCUT2D eigenvalue weighted by molar-refractivity contribution is 5.83. The Morgan fingerprint density at radius 2 is 1.86 bits per heavy atom. The zero-order valence-corrected chi connectivity index (χ0v) is 12.5. The second-order valence-corrected chi connectivity index (χ2v) is 5.08. The van der Waals surface area contributed by atoms with Crippen molar-refractivity contribution >= 4 is 11.0 Å². The van der Waals surface area contributed by atoms with Crippen LogP contribution >= 0.6 is 0 Å². The number of nitrogens with zero attached hydrogens (tertiary/aromatic N) is 1. The molecule has 0 radical (unpaired) electrons. The van der Waals surface area contributed by atoms with Crippen LogP contribution in [0.5, 0.6) is 11.5 Å². The van der Waals surface area contributed by atoms with Crippen molar-refractivity contribution in [2.75, 3.05) is 7.05 Å². The summed E-state index contributed by atoms with van der Waals surface area (Å²) in [5, 5.41) is 13.0. The topological polar surface area (TPSA) is 58.2 Å². The molecule has 0 unspecified atom stereocenters. The van der Waals surface area contributed by atoms with E-state index in [4.69, 9.17) is 14.4 Å². The number of fused-ring (bicyclic) bond motifs is 1. The minimum atomic E-state index is 0.616. The normalized spacial score (nSPS) is 10.6. The van der Waals surface area contributed by atoms with Gasteiger partial charge in [-0.05, 0) is 62.0 Å². The van der Waals surface area contributed by atoms with Crippen LogP contribution < -0.4 is 10.1 Å². The van der Waals surface area contributed by atoms with Crippen LogP contribution in [0.2, 0.25) is 0 Å². The number of hydrogen-bond donors (Lipinski definition) is 1. The van der Waals surface area contributed by atoms with Crippen molar-refractivity contribution < 1.29 is 9.15 Å². The summed E-state index contributed by atoms with van der Waals surface area (Å²) in [6, 6.07) is 14.9. The number of aryl methyl sites for hydroxylation is 1. The largest absolute Gasteiger partial charge is 0.459 e. The third kappa shape index (κ3) is 2.67. The van der Waals surface area contributed by atoms with Gasteiger partial charge in [-0.3, -0.25) is 0 Å². The lowest BCUT2D eigenvalue weighted by molar-refractivity contribution is 0.482. The van der Waals surface area contributed by atoms with Gasteiger partial charge in [0.2, 0.25) is 0 Å². The molecule has 0 saturated carbocycles. The van der Waals surface area contributed by atoms with E-state index in [-0.39, 0.29) is 0 Å². The monoisotopic (exact) mass is 292 g/mol. The minimum Gasteiger partial charge on any atom is -0.459 e. The molecule has 0 aliphatic rings. The molecule has 3 aromatic rings. The minimum absolute atomic E-state index is 0.616. The van der Waals surface area contributed by atoms with Crippen LogP contribution in [0.15, 0.2) is 46.9 Å². The molecule has 0 bridgehead atoms. The molecular formula is C18H16N2O2. The molecule has 0 fully saturated rings. The third-order valence-electron chi connectivity index (χ3n) is 3.56. The summed E-state index contributed by atoms with van der Waals surface area (Å²) in [5.74, 6) is 2.39. The highest BCUT2D eigenvalue weighted by Gasteiger charge is 2.11. The molecule has 110 valence electrons. The highest BCUT2D eigenvalue weighted by Crippen LogP contribution is 2.31. The lowest BCUT2D eigenvalue weighted by Gasteiger charge is -2.05. The Bertz CT molecular complexity index is 842. The van der Waals surface area contributed by atoms with Gasteiger partial charge in [-0.25, -0.2) is 0 Å². The number of hydrogen-bond acceptors (Lipinski definition) is 4. The van der Waals surface area contributed by atoms with E-state index in [1.54, 1.807) is 24.3 Å². The van der Waals surface area contributed by atoms with Crippen molar-refractivity contribution in [2.45, 2.75) is 13.5 Å². The molecule has 1 aromatic heterocycles. The fraction of sp³-hybridized carbons (Fsp3) is 0.167. The molecule has 2 aromatic carbocycles. The van der Waals surface area contributed by atoms with Gasteiger partial charge >= 0.3 is 0 Å². The Labute approximate surface area is 128 Å². The lowest BCUT2D eigenvalue weighted by atomic mass is 10.1. The molecule has 3 rings (SSSR count). The average Bonchev–Trinajstić information content (AvgIpc) is 2.85. The zero-order valence-electron chi connectivity index (χ0n) is 12.5. The Hall–Kier alpha value is -2.77. The molecule has 0 amide bonds. The van der Waals surface area contributed by atoms with Gasteiger partial charge in [-0.2, -0.15) is 5.26 Å². The van der Waals surface area contributed by atoms with Gasteiger partial charge in [0.1, 0.15) is 22.8 Å². The van der Waals surface area contributed by atoms with Crippen LogP contribution in [-0.2, 0) is 6.54 Å². The first-order valence-corrected chi connectivity index (χ1v) is 7.06. The van der Waals surface area contributed by atoms with E-state index < -0.39 is 0 Å². The van der Waals surface area contributed by atoms with Crippen LogP contribution in [0.4, 0.5) is 0 Å². The molecule has 22 heavy (non-hydrogen) atoms. The van der Waals surface area contributed by atoms with E-state index in [2.05, 4.69) is 11.4 Å². The molecule has 0 saturated heterocycles. The van der Waals surface area contributed by atoms with E-state index in [1.807, 2.05) is 32.2 Å². The average molecular weight is 292 g/mol. The SMILES string of the molecule is CNCc1oc2ccc(Oc3ccc(C#N)cc3)cc2c1C. The van der Waals surface area contributed by atoms with Crippen LogP contribution in [0.3, 0.4) is 0 Å². The van der Waals surface area contributed by atoms with Crippen molar-refractivity contribution in [2.24, 2.45) is 0 Å². The van der Waals surface area contributed by atoms with E-state index >= 15 is 0 Å². The Morgan fingerprint density at radius 3 is 2.55 bits per heavy atom. The summed E-state index contributed by atoms with van der Waals surface area (Å²) in [6.07, 6.45) is 0. The summed E-state index contributed by atoms with van der Waals surface area (Å²) < 4.78 is 11.7. The van der Waals surface area contributed by atoms with Crippen molar-refractivity contribution in [1.82, 2.24) is 5.32 Å². The van der Waals surface area contributed by atoms with E-state index in [1.165, 1.54) is 0 Å². The first-order chi connectivity index (χ1) is 10.7. The van der Waals surface area contributed by atoms with Gasteiger partial charge in [0.05, 0.1) is 18.2 Å². The molecule has 0 aliphatic carbocycles. The van der Waals surface area contributed by atoms with E-state index in [0.29, 0.717) is 17.9 Å².